The van der Waals surface area contributed by atoms with Gasteiger partial charge < -0.3 is 10.6 Å². The van der Waals surface area contributed by atoms with Crippen molar-refractivity contribution in [2.45, 2.75) is 33.7 Å². The van der Waals surface area contributed by atoms with Crippen LogP contribution < -0.4 is 10.6 Å². The first-order valence-electron chi connectivity index (χ1n) is 6.23. The first-order valence-corrected chi connectivity index (χ1v) is 7.05. The van der Waals surface area contributed by atoms with Crippen LogP contribution in [-0.2, 0) is 17.8 Å². The molecular weight excluding hydrogens is 232 g/mol. The Kier molecular flexibility index (Phi) is 6.22. The number of aryl methyl sites for hydroxylation is 1. The molecule has 4 heteroatoms. The van der Waals surface area contributed by atoms with E-state index >= 15 is 0 Å². The fraction of sp³-hybridized carbons (Fsp3) is 0.615. The number of carbonyl (C=O) groups excluding carboxylic acids is 1. The summed E-state index contributed by atoms with van der Waals surface area (Å²) >= 11 is 1.77. The van der Waals surface area contributed by atoms with Crippen molar-refractivity contribution in [1.82, 2.24) is 10.6 Å². The maximum atomic E-state index is 11.8. The molecule has 0 bridgehead atoms. The number of amides is 1. The molecule has 3 nitrogen and oxygen atoms in total. The zero-order valence-corrected chi connectivity index (χ0v) is 11.7. The van der Waals surface area contributed by atoms with E-state index in [9.17, 15) is 4.79 Å². The van der Waals surface area contributed by atoms with Gasteiger partial charge >= 0.3 is 0 Å². The van der Waals surface area contributed by atoms with Crippen LogP contribution >= 0.6 is 11.3 Å². The monoisotopic (exact) mass is 254 g/mol. The van der Waals surface area contributed by atoms with Crippen molar-refractivity contribution in [3.05, 3.63) is 21.9 Å². The summed E-state index contributed by atoms with van der Waals surface area (Å²) in [5.41, 5.74) is 0. The molecule has 0 radical (unpaired) electrons. The molecule has 0 fully saturated rings. The van der Waals surface area contributed by atoms with Crippen molar-refractivity contribution in [3.63, 3.8) is 0 Å². The molecule has 1 heterocycles. The van der Waals surface area contributed by atoms with Gasteiger partial charge in [0.15, 0.2) is 0 Å². The summed E-state index contributed by atoms with van der Waals surface area (Å²) in [5, 5.41) is 6.16. The predicted octanol–water partition coefficient (Wildman–Crippen LogP) is 2.17. The summed E-state index contributed by atoms with van der Waals surface area (Å²) in [7, 11) is 0. The molecule has 0 aliphatic rings. The zero-order chi connectivity index (χ0) is 12.7. The molecule has 0 spiro atoms. The van der Waals surface area contributed by atoms with Crippen LogP contribution in [-0.4, -0.2) is 19.0 Å². The van der Waals surface area contributed by atoms with E-state index < -0.39 is 0 Å². The van der Waals surface area contributed by atoms with Gasteiger partial charge in [-0.05, 0) is 25.1 Å². The van der Waals surface area contributed by atoms with Gasteiger partial charge in [-0.1, -0.05) is 20.8 Å². The summed E-state index contributed by atoms with van der Waals surface area (Å²) in [4.78, 5) is 14.4. The van der Waals surface area contributed by atoms with Gasteiger partial charge in [-0.3, -0.25) is 4.79 Å². The minimum absolute atomic E-state index is 0.0283. The molecule has 0 aliphatic carbocycles. The highest BCUT2D eigenvalue weighted by atomic mass is 32.1. The largest absolute Gasteiger partial charge is 0.351 e. The van der Waals surface area contributed by atoms with Gasteiger partial charge in [0.25, 0.3) is 0 Å². The molecule has 1 atom stereocenters. The Morgan fingerprint density at radius 3 is 2.65 bits per heavy atom. The first kappa shape index (κ1) is 14.2. The van der Waals surface area contributed by atoms with Gasteiger partial charge in [0.05, 0.1) is 6.54 Å². The van der Waals surface area contributed by atoms with E-state index in [1.165, 1.54) is 9.75 Å². The van der Waals surface area contributed by atoms with E-state index in [1.807, 2.05) is 13.8 Å². The van der Waals surface area contributed by atoms with Gasteiger partial charge in [0.1, 0.15) is 0 Å². The third-order valence-electron chi connectivity index (χ3n) is 2.65. The van der Waals surface area contributed by atoms with E-state index in [4.69, 9.17) is 0 Å². The molecule has 1 unspecified atom stereocenters. The fourth-order valence-electron chi connectivity index (χ4n) is 1.51. The molecule has 0 aliphatic heterocycles. The van der Waals surface area contributed by atoms with E-state index in [0.29, 0.717) is 6.54 Å². The molecule has 0 saturated heterocycles. The van der Waals surface area contributed by atoms with Crippen molar-refractivity contribution >= 4 is 17.2 Å². The Morgan fingerprint density at radius 1 is 1.35 bits per heavy atom. The second kappa shape index (κ2) is 7.45. The van der Waals surface area contributed by atoms with Crippen LogP contribution in [0.5, 0.6) is 0 Å². The van der Waals surface area contributed by atoms with Gasteiger partial charge in [-0.25, -0.2) is 0 Å². The van der Waals surface area contributed by atoms with Crippen LogP contribution in [0.1, 0.15) is 30.5 Å². The summed E-state index contributed by atoms with van der Waals surface area (Å²) in [6.07, 6.45) is 1.06. The lowest BCUT2D eigenvalue weighted by atomic mass is 10.1. The third-order valence-corrected chi connectivity index (χ3v) is 3.88. The van der Waals surface area contributed by atoms with Crippen LogP contribution in [0.15, 0.2) is 12.1 Å². The van der Waals surface area contributed by atoms with Crippen LogP contribution in [0.4, 0.5) is 0 Å². The Morgan fingerprint density at radius 2 is 2.06 bits per heavy atom. The lowest BCUT2D eigenvalue weighted by Gasteiger charge is -2.11. The molecule has 0 saturated carbocycles. The standard InChI is InChI=1S/C13H22N2OS/c1-4-11-6-7-12(17-11)9-15-13(16)10(3)8-14-5-2/h6-7,10,14H,4-5,8-9H2,1-3H3,(H,15,16). The zero-order valence-electron chi connectivity index (χ0n) is 10.9. The second-order valence-electron chi connectivity index (χ2n) is 4.15. The predicted molar refractivity (Wildman–Crippen MR) is 73.3 cm³/mol. The molecule has 1 amide bonds. The van der Waals surface area contributed by atoms with Crippen molar-refractivity contribution in [2.24, 2.45) is 5.92 Å². The highest BCUT2D eigenvalue weighted by Gasteiger charge is 2.11. The van der Waals surface area contributed by atoms with Gasteiger partial charge in [-0.15, -0.1) is 11.3 Å². The average Bonchev–Trinajstić information content (AvgIpc) is 2.80. The number of thiophene rings is 1. The van der Waals surface area contributed by atoms with Gasteiger partial charge in [-0.2, -0.15) is 0 Å². The van der Waals surface area contributed by atoms with Crippen LogP contribution in [0.2, 0.25) is 0 Å². The second-order valence-corrected chi connectivity index (χ2v) is 5.40. The summed E-state index contributed by atoms with van der Waals surface area (Å²) in [6.45, 7) is 8.44. The molecule has 0 aromatic carbocycles. The normalized spacial score (nSPS) is 12.4. The number of hydrogen-bond acceptors (Lipinski definition) is 3. The minimum atomic E-state index is 0.0283. The van der Waals surface area contributed by atoms with Gasteiger partial charge in [0, 0.05) is 22.2 Å². The van der Waals surface area contributed by atoms with E-state index in [-0.39, 0.29) is 11.8 Å². The van der Waals surface area contributed by atoms with Crippen LogP contribution in [0.3, 0.4) is 0 Å². The van der Waals surface area contributed by atoms with Crippen molar-refractivity contribution in [1.29, 1.82) is 0 Å². The van der Waals surface area contributed by atoms with E-state index in [0.717, 1.165) is 19.5 Å². The Balaban J connectivity index is 2.32. The number of hydrogen-bond donors (Lipinski definition) is 2. The Labute approximate surface area is 108 Å². The van der Waals surface area contributed by atoms with Crippen molar-refractivity contribution in [3.8, 4) is 0 Å². The molecule has 1 rings (SSSR count). The minimum Gasteiger partial charge on any atom is -0.351 e. The van der Waals surface area contributed by atoms with Crippen molar-refractivity contribution < 1.29 is 4.79 Å². The highest BCUT2D eigenvalue weighted by Crippen LogP contribution is 2.16. The topological polar surface area (TPSA) is 41.1 Å². The Bertz CT molecular complexity index is 349. The maximum absolute atomic E-state index is 11.8. The summed E-state index contributed by atoms with van der Waals surface area (Å²) in [6, 6.07) is 4.23. The number of carbonyl (C=O) groups is 1. The lowest BCUT2D eigenvalue weighted by Crippen LogP contribution is -2.34. The summed E-state index contributed by atoms with van der Waals surface area (Å²) in [5.74, 6) is 0.151. The number of nitrogens with one attached hydrogen (secondary N) is 2. The quantitative estimate of drug-likeness (QED) is 0.783. The fourth-order valence-corrected chi connectivity index (χ4v) is 2.41. The molecule has 1 aromatic rings. The SMILES string of the molecule is CCNCC(C)C(=O)NCc1ccc(CC)s1. The first-order chi connectivity index (χ1) is 8.17. The molecule has 1 aromatic heterocycles. The van der Waals surface area contributed by atoms with E-state index in [1.54, 1.807) is 11.3 Å². The maximum Gasteiger partial charge on any atom is 0.224 e. The molecule has 96 valence electrons. The van der Waals surface area contributed by atoms with Crippen molar-refractivity contribution in [2.75, 3.05) is 13.1 Å². The molecule has 2 N–H and O–H groups in total. The molecular formula is C13H22N2OS. The Hall–Kier alpha value is -0.870. The molecule has 17 heavy (non-hydrogen) atoms. The van der Waals surface area contributed by atoms with Gasteiger partial charge in [0.2, 0.25) is 5.91 Å². The summed E-state index contributed by atoms with van der Waals surface area (Å²) < 4.78 is 0. The third kappa shape index (κ3) is 4.88. The van der Waals surface area contributed by atoms with Crippen LogP contribution in [0.25, 0.3) is 0 Å². The van der Waals surface area contributed by atoms with E-state index in [2.05, 4.69) is 29.7 Å². The average molecular weight is 254 g/mol. The smallest absolute Gasteiger partial charge is 0.224 e. The lowest BCUT2D eigenvalue weighted by molar-refractivity contribution is -0.124. The number of rotatable bonds is 7. The van der Waals surface area contributed by atoms with Crippen LogP contribution in [0, 0.1) is 5.92 Å². The highest BCUT2D eigenvalue weighted by molar-refractivity contribution is 7.11.